The maximum absolute atomic E-state index is 5.31. The third-order valence-corrected chi connectivity index (χ3v) is 1.57. The van der Waals surface area contributed by atoms with E-state index in [9.17, 15) is 0 Å². The molecule has 2 nitrogen and oxygen atoms in total. The second kappa shape index (κ2) is 3.26. The van der Waals surface area contributed by atoms with Crippen LogP contribution in [0.25, 0.3) is 0 Å². The van der Waals surface area contributed by atoms with Crippen LogP contribution in [0.4, 0.5) is 0 Å². The van der Waals surface area contributed by atoms with Gasteiger partial charge in [-0.3, -0.25) is 0 Å². The lowest BCUT2D eigenvalue weighted by molar-refractivity contribution is -0.506. The summed E-state index contributed by atoms with van der Waals surface area (Å²) in [6, 6.07) is 0. The molecule has 1 aliphatic heterocycles. The van der Waals surface area contributed by atoms with Crippen LogP contribution in [0.1, 0.15) is 13.3 Å². The third-order valence-electron chi connectivity index (χ3n) is 1.57. The third kappa shape index (κ3) is 1.30. The van der Waals surface area contributed by atoms with Crippen molar-refractivity contribution in [2.24, 2.45) is 0 Å². The van der Waals surface area contributed by atoms with E-state index in [4.69, 9.17) is 11.2 Å². The van der Waals surface area contributed by atoms with Crippen molar-refractivity contribution in [2.75, 3.05) is 19.7 Å². The molecule has 1 heterocycles. The highest BCUT2D eigenvalue weighted by Crippen LogP contribution is 1.97. The lowest BCUT2D eigenvalue weighted by Gasteiger charge is -1.91. The minimum absolute atomic E-state index is 0.684. The summed E-state index contributed by atoms with van der Waals surface area (Å²) < 4.78 is 7.41. The van der Waals surface area contributed by atoms with Gasteiger partial charge in [-0.05, 0) is 5.92 Å². The average Bonchev–Trinajstić information content (AvgIpc) is 2.36. The van der Waals surface area contributed by atoms with E-state index in [1.165, 1.54) is 0 Å². The molecule has 1 aliphatic rings. The van der Waals surface area contributed by atoms with Crippen LogP contribution in [0.15, 0.2) is 0 Å². The summed E-state index contributed by atoms with van der Waals surface area (Å²) in [5.41, 5.74) is 0. The number of hydrogen-bond acceptors (Lipinski definition) is 1. The van der Waals surface area contributed by atoms with Crippen molar-refractivity contribution in [2.45, 2.75) is 13.3 Å². The molecule has 0 spiro atoms. The van der Waals surface area contributed by atoms with Gasteiger partial charge in [0.1, 0.15) is 0 Å². The highest BCUT2D eigenvalue weighted by molar-refractivity contribution is 5.71. The quantitative estimate of drug-likeness (QED) is 0.399. The Hall–Kier alpha value is -0.970. The van der Waals surface area contributed by atoms with E-state index < -0.39 is 0 Å². The zero-order valence-corrected chi connectivity index (χ0v) is 6.26. The highest BCUT2D eigenvalue weighted by atomic mass is 16.5. The second-order valence-electron chi connectivity index (χ2n) is 2.22. The second-order valence-corrected chi connectivity index (χ2v) is 2.22. The van der Waals surface area contributed by atoms with Gasteiger partial charge in [-0.15, -0.1) is 6.42 Å². The predicted octanol–water partition coefficient (Wildman–Crippen LogP) is 0.471. The molecular weight excluding hydrogens is 126 g/mol. The van der Waals surface area contributed by atoms with Crippen LogP contribution < -0.4 is 0 Å². The largest absolute Gasteiger partial charge is 0.441 e. The first-order valence-corrected chi connectivity index (χ1v) is 3.55. The molecular formula is C8H12NO+. The Morgan fingerprint density at radius 3 is 3.20 bits per heavy atom. The number of ether oxygens (including phenoxy) is 1. The minimum Gasteiger partial charge on any atom is -0.441 e. The van der Waals surface area contributed by atoms with E-state index in [2.05, 4.69) is 17.4 Å². The van der Waals surface area contributed by atoms with Crippen molar-refractivity contribution < 1.29 is 9.31 Å². The Bertz CT molecular complexity index is 188. The molecule has 0 aromatic rings. The van der Waals surface area contributed by atoms with Crippen LogP contribution in [-0.2, 0) is 4.74 Å². The molecule has 0 aromatic carbocycles. The average molecular weight is 138 g/mol. The summed E-state index contributed by atoms with van der Waals surface area (Å²) in [6.45, 7) is 4.51. The first kappa shape index (κ1) is 7.14. The highest BCUT2D eigenvalue weighted by Gasteiger charge is 2.20. The van der Waals surface area contributed by atoms with Gasteiger partial charge in [0.25, 0.3) is 0 Å². The molecule has 54 valence electrons. The Morgan fingerprint density at radius 1 is 1.80 bits per heavy atom. The van der Waals surface area contributed by atoms with Crippen LogP contribution in [0.2, 0.25) is 0 Å². The number of terminal acetylenes is 1. The van der Waals surface area contributed by atoms with E-state index in [-0.39, 0.29) is 0 Å². The lowest BCUT2D eigenvalue weighted by atomic mass is 10.4. The van der Waals surface area contributed by atoms with Crippen molar-refractivity contribution >= 4 is 5.90 Å². The molecule has 0 radical (unpaired) electrons. The molecule has 0 amide bonds. The summed E-state index contributed by atoms with van der Waals surface area (Å²) in [5, 5.41) is 0. The van der Waals surface area contributed by atoms with Crippen molar-refractivity contribution in [1.29, 1.82) is 0 Å². The number of nitrogens with zero attached hydrogens (tertiary/aromatic N) is 1. The summed E-state index contributed by atoms with van der Waals surface area (Å²) in [5.74, 6) is 3.64. The summed E-state index contributed by atoms with van der Waals surface area (Å²) in [6.07, 6.45) is 6.11. The smallest absolute Gasteiger partial charge is 0.337 e. The van der Waals surface area contributed by atoms with E-state index in [0.29, 0.717) is 6.54 Å². The van der Waals surface area contributed by atoms with Crippen molar-refractivity contribution in [3.05, 3.63) is 0 Å². The van der Waals surface area contributed by atoms with Gasteiger partial charge in [0.15, 0.2) is 13.2 Å². The predicted molar refractivity (Wildman–Crippen MR) is 40.1 cm³/mol. The van der Waals surface area contributed by atoms with Gasteiger partial charge in [-0.2, -0.15) is 4.58 Å². The van der Waals surface area contributed by atoms with Gasteiger partial charge in [0.2, 0.25) is 6.54 Å². The Labute approximate surface area is 61.5 Å². The van der Waals surface area contributed by atoms with Crippen LogP contribution in [0.5, 0.6) is 0 Å². The standard InChI is InChI=1S/C8H12NO/c1-3-5-9-6-7-10-8(9)4-2/h1H,4-7H2,2H3/q+1. The Balaban J connectivity index is 2.61. The molecule has 0 fully saturated rings. The fourth-order valence-electron chi connectivity index (χ4n) is 1.09. The van der Waals surface area contributed by atoms with Gasteiger partial charge in [-0.1, -0.05) is 6.92 Å². The first-order valence-electron chi connectivity index (χ1n) is 3.55. The van der Waals surface area contributed by atoms with Gasteiger partial charge in [-0.25, -0.2) is 0 Å². The fourth-order valence-corrected chi connectivity index (χ4v) is 1.09. The van der Waals surface area contributed by atoms with Crippen LogP contribution in [0.3, 0.4) is 0 Å². The number of rotatable bonds is 2. The molecule has 0 saturated heterocycles. The SMILES string of the molecule is C#CC[N+]1=C(CC)OCC1. The summed E-state index contributed by atoms with van der Waals surface area (Å²) in [7, 11) is 0. The molecule has 0 saturated carbocycles. The normalized spacial score (nSPS) is 16.8. The molecule has 10 heavy (non-hydrogen) atoms. The molecule has 0 unspecified atom stereocenters. The van der Waals surface area contributed by atoms with E-state index in [1.54, 1.807) is 0 Å². The molecule has 1 rings (SSSR count). The topological polar surface area (TPSA) is 12.2 Å². The van der Waals surface area contributed by atoms with Gasteiger partial charge in [0.05, 0.1) is 6.42 Å². The molecule has 0 N–H and O–H groups in total. The van der Waals surface area contributed by atoms with Crippen LogP contribution in [0, 0.1) is 12.3 Å². The van der Waals surface area contributed by atoms with Gasteiger partial charge >= 0.3 is 5.90 Å². The lowest BCUT2D eigenvalue weighted by Crippen LogP contribution is -2.15. The molecule has 0 aliphatic carbocycles. The molecule has 0 aromatic heterocycles. The zero-order valence-electron chi connectivity index (χ0n) is 6.26. The zero-order chi connectivity index (χ0) is 7.40. The van der Waals surface area contributed by atoms with Crippen molar-refractivity contribution in [3.63, 3.8) is 0 Å². The van der Waals surface area contributed by atoms with E-state index in [1.807, 2.05) is 0 Å². The minimum atomic E-state index is 0.684. The van der Waals surface area contributed by atoms with E-state index in [0.717, 1.165) is 25.5 Å². The fraction of sp³-hybridized carbons (Fsp3) is 0.625. The monoisotopic (exact) mass is 138 g/mol. The molecule has 0 bridgehead atoms. The maximum atomic E-state index is 5.31. The Kier molecular flexibility index (Phi) is 2.33. The first-order chi connectivity index (χ1) is 4.88. The van der Waals surface area contributed by atoms with Crippen molar-refractivity contribution in [3.8, 4) is 12.3 Å². The van der Waals surface area contributed by atoms with Gasteiger partial charge in [0, 0.05) is 0 Å². The molecule has 2 heteroatoms. The Morgan fingerprint density at radius 2 is 2.60 bits per heavy atom. The molecule has 0 atom stereocenters. The number of hydrogen-bond donors (Lipinski definition) is 0. The van der Waals surface area contributed by atoms with Crippen LogP contribution in [-0.4, -0.2) is 30.2 Å². The van der Waals surface area contributed by atoms with Crippen LogP contribution >= 0.6 is 0 Å². The summed E-state index contributed by atoms with van der Waals surface area (Å²) in [4.78, 5) is 0. The van der Waals surface area contributed by atoms with Gasteiger partial charge < -0.3 is 4.74 Å². The van der Waals surface area contributed by atoms with E-state index >= 15 is 0 Å². The maximum Gasteiger partial charge on any atom is 0.337 e. The summed E-state index contributed by atoms with van der Waals surface area (Å²) >= 11 is 0. The van der Waals surface area contributed by atoms with Crippen molar-refractivity contribution in [1.82, 2.24) is 0 Å².